The molecule has 0 aromatic heterocycles. The minimum Gasteiger partial charge on any atom is -0.381 e. The standard InChI is InChI=1S/C16H24N2O2/c1-12-3-5-15(6-4-12)18-16(19)13(2)17-9-7-14-8-10-20-11-14/h3-6,13-14,17H,7-11H2,1-2H3,(H,18,19). The number of rotatable bonds is 6. The number of hydrogen-bond acceptors (Lipinski definition) is 3. The maximum Gasteiger partial charge on any atom is 0.241 e. The summed E-state index contributed by atoms with van der Waals surface area (Å²) in [6.07, 6.45) is 2.22. The number of hydrogen-bond donors (Lipinski definition) is 2. The number of carbonyl (C=O) groups is 1. The first-order valence-electron chi connectivity index (χ1n) is 7.34. The van der Waals surface area contributed by atoms with E-state index in [1.54, 1.807) is 0 Å². The lowest BCUT2D eigenvalue weighted by Crippen LogP contribution is -2.39. The van der Waals surface area contributed by atoms with Crippen molar-refractivity contribution in [2.75, 3.05) is 25.1 Å². The van der Waals surface area contributed by atoms with Gasteiger partial charge in [-0.2, -0.15) is 0 Å². The van der Waals surface area contributed by atoms with E-state index in [4.69, 9.17) is 4.74 Å². The quantitative estimate of drug-likeness (QED) is 0.838. The first kappa shape index (κ1) is 15.0. The molecular formula is C16H24N2O2. The minimum absolute atomic E-state index is 0.0107. The molecule has 1 aromatic carbocycles. The average Bonchev–Trinajstić information content (AvgIpc) is 2.94. The molecule has 0 spiro atoms. The van der Waals surface area contributed by atoms with Gasteiger partial charge in [0.25, 0.3) is 0 Å². The summed E-state index contributed by atoms with van der Waals surface area (Å²) < 4.78 is 5.34. The largest absolute Gasteiger partial charge is 0.381 e. The highest BCUT2D eigenvalue weighted by atomic mass is 16.5. The Morgan fingerprint density at radius 1 is 1.40 bits per heavy atom. The van der Waals surface area contributed by atoms with Crippen LogP contribution >= 0.6 is 0 Å². The van der Waals surface area contributed by atoms with E-state index in [1.165, 1.54) is 5.56 Å². The summed E-state index contributed by atoms with van der Waals surface area (Å²) in [4.78, 5) is 12.0. The summed E-state index contributed by atoms with van der Waals surface area (Å²) in [7, 11) is 0. The van der Waals surface area contributed by atoms with Crippen molar-refractivity contribution in [1.29, 1.82) is 0 Å². The molecule has 1 heterocycles. The molecule has 1 amide bonds. The second-order valence-corrected chi connectivity index (χ2v) is 5.55. The zero-order chi connectivity index (χ0) is 14.4. The molecule has 4 nitrogen and oxygen atoms in total. The lowest BCUT2D eigenvalue weighted by atomic mass is 10.1. The fourth-order valence-electron chi connectivity index (χ4n) is 2.30. The molecule has 0 bridgehead atoms. The fraction of sp³-hybridized carbons (Fsp3) is 0.562. The van der Waals surface area contributed by atoms with Crippen LogP contribution in [0.1, 0.15) is 25.3 Å². The van der Waals surface area contributed by atoms with Gasteiger partial charge in [0.1, 0.15) is 0 Å². The molecule has 110 valence electrons. The number of benzene rings is 1. The van der Waals surface area contributed by atoms with Gasteiger partial charge in [-0.05, 0) is 51.3 Å². The molecule has 1 fully saturated rings. The topological polar surface area (TPSA) is 50.4 Å². The van der Waals surface area contributed by atoms with E-state index in [0.717, 1.165) is 38.3 Å². The molecule has 2 rings (SSSR count). The summed E-state index contributed by atoms with van der Waals surface area (Å²) in [6.45, 7) is 6.54. The van der Waals surface area contributed by atoms with Crippen molar-refractivity contribution in [2.24, 2.45) is 5.92 Å². The van der Waals surface area contributed by atoms with Gasteiger partial charge in [-0.25, -0.2) is 0 Å². The van der Waals surface area contributed by atoms with Crippen molar-refractivity contribution in [2.45, 2.75) is 32.7 Å². The van der Waals surface area contributed by atoms with Gasteiger partial charge >= 0.3 is 0 Å². The number of nitrogens with one attached hydrogen (secondary N) is 2. The molecule has 2 unspecified atom stereocenters. The van der Waals surface area contributed by atoms with Crippen LogP contribution in [-0.2, 0) is 9.53 Å². The first-order chi connectivity index (χ1) is 9.65. The number of carbonyl (C=O) groups excluding carboxylic acids is 1. The predicted molar refractivity (Wildman–Crippen MR) is 80.8 cm³/mol. The SMILES string of the molecule is Cc1ccc(NC(=O)C(C)NCCC2CCOC2)cc1. The van der Waals surface area contributed by atoms with Crippen LogP contribution in [-0.4, -0.2) is 31.7 Å². The Morgan fingerprint density at radius 2 is 2.15 bits per heavy atom. The predicted octanol–water partition coefficient (Wildman–Crippen LogP) is 2.34. The minimum atomic E-state index is -0.182. The zero-order valence-electron chi connectivity index (χ0n) is 12.3. The molecule has 4 heteroatoms. The second kappa shape index (κ2) is 7.41. The Labute approximate surface area is 120 Å². The Morgan fingerprint density at radius 3 is 2.80 bits per heavy atom. The summed E-state index contributed by atoms with van der Waals surface area (Å²) in [5.41, 5.74) is 2.03. The second-order valence-electron chi connectivity index (χ2n) is 5.55. The van der Waals surface area contributed by atoms with Crippen LogP contribution in [0.3, 0.4) is 0 Å². The van der Waals surface area contributed by atoms with E-state index in [2.05, 4.69) is 10.6 Å². The molecule has 20 heavy (non-hydrogen) atoms. The van der Waals surface area contributed by atoms with E-state index >= 15 is 0 Å². The highest BCUT2D eigenvalue weighted by Gasteiger charge is 2.17. The maximum atomic E-state index is 12.0. The van der Waals surface area contributed by atoms with Crippen LogP contribution in [0.25, 0.3) is 0 Å². The lowest BCUT2D eigenvalue weighted by molar-refractivity contribution is -0.117. The molecule has 1 aromatic rings. The summed E-state index contributed by atoms with van der Waals surface area (Å²) in [6, 6.07) is 7.66. The van der Waals surface area contributed by atoms with Crippen LogP contribution in [0.5, 0.6) is 0 Å². The van der Waals surface area contributed by atoms with Crippen molar-refractivity contribution in [1.82, 2.24) is 5.32 Å². The van der Waals surface area contributed by atoms with Crippen molar-refractivity contribution < 1.29 is 9.53 Å². The van der Waals surface area contributed by atoms with Crippen molar-refractivity contribution in [3.05, 3.63) is 29.8 Å². The summed E-state index contributed by atoms with van der Waals surface area (Å²) in [5.74, 6) is 0.659. The van der Waals surface area contributed by atoms with E-state index < -0.39 is 0 Å². The van der Waals surface area contributed by atoms with Gasteiger partial charge in [0.2, 0.25) is 5.91 Å². The molecule has 2 N–H and O–H groups in total. The van der Waals surface area contributed by atoms with Gasteiger partial charge in [-0.1, -0.05) is 17.7 Å². The van der Waals surface area contributed by atoms with E-state index in [-0.39, 0.29) is 11.9 Å². The average molecular weight is 276 g/mol. The number of aryl methyl sites for hydroxylation is 1. The zero-order valence-corrected chi connectivity index (χ0v) is 12.3. The number of anilines is 1. The molecule has 1 saturated heterocycles. The monoisotopic (exact) mass is 276 g/mol. The van der Waals surface area contributed by atoms with Crippen molar-refractivity contribution >= 4 is 11.6 Å². The Kier molecular flexibility index (Phi) is 5.56. The van der Waals surface area contributed by atoms with Gasteiger partial charge < -0.3 is 15.4 Å². The lowest BCUT2D eigenvalue weighted by Gasteiger charge is -2.15. The van der Waals surface area contributed by atoms with Gasteiger partial charge in [0.15, 0.2) is 0 Å². The van der Waals surface area contributed by atoms with Crippen LogP contribution in [0.2, 0.25) is 0 Å². The Hall–Kier alpha value is -1.39. The third-order valence-electron chi connectivity index (χ3n) is 3.74. The Bertz CT molecular complexity index is 425. The fourth-order valence-corrected chi connectivity index (χ4v) is 2.30. The Balaban J connectivity index is 1.69. The van der Waals surface area contributed by atoms with Gasteiger partial charge in [-0.15, -0.1) is 0 Å². The maximum absolute atomic E-state index is 12.0. The van der Waals surface area contributed by atoms with Crippen molar-refractivity contribution in [3.63, 3.8) is 0 Å². The van der Waals surface area contributed by atoms with Crippen LogP contribution in [0.15, 0.2) is 24.3 Å². The van der Waals surface area contributed by atoms with Crippen LogP contribution < -0.4 is 10.6 Å². The van der Waals surface area contributed by atoms with Gasteiger partial charge in [-0.3, -0.25) is 4.79 Å². The number of amides is 1. The summed E-state index contributed by atoms with van der Waals surface area (Å²) >= 11 is 0. The highest BCUT2D eigenvalue weighted by Crippen LogP contribution is 2.15. The summed E-state index contributed by atoms with van der Waals surface area (Å²) in [5, 5.41) is 6.19. The number of ether oxygens (including phenoxy) is 1. The molecule has 1 aliphatic rings. The smallest absolute Gasteiger partial charge is 0.241 e. The normalized spacial score (nSPS) is 19.8. The molecule has 0 aliphatic carbocycles. The molecule has 1 aliphatic heterocycles. The van der Waals surface area contributed by atoms with Crippen LogP contribution in [0, 0.1) is 12.8 Å². The molecule has 2 atom stereocenters. The van der Waals surface area contributed by atoms with E-state index in [9.17, 15) is 4.79 Å². The van der Waals surface area contributed by atoms with Crippen molar-refractivity contribution in [3.8, 4) is 0 Å². The molecule has 0 radical (unpaired) electrons. The third kappa shape index (κ3) is 4.62. The molecule has 0 saturated carbocycles. The van der Waals surface area contributed by atoms with Gasteiger partial charge in [0.05, 0.1) is 6.04 Å². The third-order valence-corrected chi connectivity index (χ3v) is 3.74. The highest BCUT2D eigenvalue weighted by molar-refractivity contribution is 5.94. The van der Waals surface area contributed by atoms with Gasteiger partial charge in [0, 0.05) is 18.9 Å². The first-order valence-corrected chi connectivity index (χ1v) is 7.34. The van der Waals surface area contributed by atoms with E-state index in [1.807, 2.05) is 38.1 Å². The van der Waals surface area contributed by atoms with E-state index in [0.29, 0.717) is 5.92 Å². The van der Waals surface area contributed by atoms with Crippen LogP contribution in [0.4, 0.5) is 5.69 Å². The molecular weight excluding hydrogens is 252 g/mol.